The lowest BCUT2D eigenvalue weighted by Crippen LogP contribution is -2.41. The predicted octanol–water partition coefficient (Wildman–Crippen LogP) is 0.480. The van der Waals surface area contributed by atoms with Gasteiger partial charge in [0, 0.05) is 19.8 Å². The zero-order valence-electron chi connectivity index (χ0n) is 9.23. The monoisotopic (exact) mass is 203 g/mol. The second-order valence-corrected chi connectivity index (χ2v) is 3.23. The maximum Gasteiger partial charge on any atom is 0.156 e. The summed E-state index contributed by atoms with van der Waals surface area (Å²) in [6, 6.07) is -0.0402. The summed E-state index contributed by atoms with van der Waals surface area (Å²) in [5, 5.41) is 11.5. The third kappa shape index (κ3) is 5.04. The highest BCUT2D eigenvalue weighted by Gasteiger charge is 2.12. The topological polar surface area (TPSA) is 71.1 Å². The smallest absolute Gasteiger partial charge is 0.156 e. The minimum Gasteiger partial charge on any atom is -0.409 e. The Balaban J connectivity index is 3.67. The number of ether oxygens (including phenoxy) is 1. The molecule has 0 aliphatic rings. The van der Waals surface area contributed by atoms with Crippen LogP contribution in [0.5, 0.6) is 0 Å². The van der Waals surface area contributed by atoms with Gasteiger partial charge >= 0.3 is 0 Å². The molecule has 0 aliphatic heterocycles. The maximum atomic E-state index is 8.48. The van der Waals surface area contributed by atoms with Crippen LogP contribution in [0.15, 0.2) is 5.16 Å². The Kier molecular flexibility index (Phi) is 7.14. The minimum atomic E-state index is -0.0402. The first-order valence-electron chi connectivity index (χ1n) is 4.88. The van der Waals surface area contributed by atoms with Crippen LogP contribution in [-0.2, 0) is 4.74 Å². The molecule has 0 saturated carbocycles. The van der Waals surface area contributed by atoms with Gasteiger partial charge in [-0.05, 0) is 27.3 Å². The van der Waals surface area contributed by atoms with Crippen LogP contribution >= 0.6 is 0 Å². The van der Waals surface area contributed by atoms with E-state index in [1.807, 2.05) is 25.8 Å². The largest absolute Gasteiger partial charge is 0.409 e. The summed E-state index contributed by atoms with van der Waals surface area (Å²) in [5.74, 6) is 0.240. The first-order valence-corrected chi connectivity index (χ1v) is 4.88. The molecule has 0 aromatic rings. The van der Waals surface area contributed by atoms with Crippen molar-refractivity contribution < 1.29 is 9.94 Å². The van der Waals surface area contributed by atoms with E-state index in [9.17, 15) is 0 Å². The molecule has 0 radical (unpaired) electrons. The number of likely N-dealkylation sites (N-methyl/N-ethyl adjacent to an activating group) is 1. The first kappa shape index (κ1) is 13.2. The molecule has 5 nitrogen and oxygen atoms in total. The number of amidine groups is 1. The second kappa shape index (κ2) is 7.58. The zero-order valence-corrected chi connectivity index (χ0v) is 9.23. The fourth-order valence-corrected chi connectivity index (χ4v) is 1.06. The number of hydrogen-bond donors (Lipinski definition) is 2. The molecule has 3 N–H and O–H groups in total. The van der Waals surface area contributed by atoms with Crippen molar-refractivity contribution >= 4 is 5.84 Å². The fraction of sp³-hybridized carbons (Fsp3) is 0.889. The maximum absolute atomic E-state index is 8.48. The molecule has 0 saturated heterocycles. The van der Waals surface area contributed by atoms with E-state index in [1.165, 1.54) is 0 Å². The Labute approximate surface area is 85.5 Å². The Hall–Kier alpha value is -0.810. The van der Waals surface area contributed by atoms with E-state index in [0.717, 1.165) is 26.2 Å². The van der Waals surface area contributed by atoms with Crippen LogP contribution < -0.4 is 5.73 Å². The van der Waals surface area contributed by atoms with Gasteiger partial charge in [-0.3, -0.25) is 4.90 Å². The second-order valence-electron chi connectivity index (χ2n) is 3.23. The van der Waals surface area contributed by atoms with Crippen LogP contribution in [0.25, 0.3) is 0 Å². The van der Waals surface area contributed by atoms with Crippen molar-refractivity contribution in [2.45, 2.75) is 26.3 Å². The molecule has 0 aliphatic carbocycles. The normalized spacial score (nSPS) is 14.7. The summed E-state index contributed by atoms with van der Waals surface area (Å²) < 4.78 is 5.21. The lowest BCUT2D eigenvalue weighted by Gasteiger charge is -2.23. The molecule has 0 heterocycles. The summed E-state index contributed by atoms with van der Waals surface area (Å²) >= 11 is 0. The van der Waals surface area contributed by atoms with Crippen LogP contribution in [0, 0.1) is 0 Å². The van der Waals surface area contributed by atoms with Crippen LogP contribution in [0.1, 0.15) is 20.3 Å². The summed E-state index contributed by atoms with van der Waals surface area (Å²) in [7, 11) is 1.94. The highest BCUT2D eigenvalue weighted by atomic mass is 16.5. The van der Waals surface area contributed by atoms with Crippen LogP contribution in [0.2, 0.25) is 0 Å². The van der Waals surface area contributed by atoms with Crippen LogP contribution in [0.4, 0.5) is 0 Å². The molecule has 0 spiro atoms. The molecule has 84 valence electrons. The Morgan fingerprint density at radius 1 is 1.64 bits per heavy atom. The average molecular weight is 203 g/mol. The number of oxime groups is 1. The van der Waals surface area contributed by atoms with Gasteiger partial charge < -0.3 is 15.7 Å². The van der Waals surface area contributed by atoms with Gasteiger partial charge in [-0.1, -0.05) is 5.16 Å². The van der Waals surface area contributed by atoms with Gasteiger partial charge in [0.15, 0.2) is 5.84 Å². The van der Waals surface area contributed by atoms with Crippen molar-refractivity contribution in [1.29, 1.82) is 0 Å². The van der Waals surface area contributed by atoms with Crippen molar-refractivity contribution in [3.8, 4) is 0 Å². The molecule has 0 aromatic heterocycles. The summed E-state index contributed by atoms with van der Waals surface area (Å²) in [4.78, 5) is 2.02. The molecule has 14 heavy (non-hydrogen) atoms. The van der Waals surface area contributed by atoms with E-state index < -0.39 is 0 Å². The van der Waals surface area contributed by atoms with Crippen molar-refractivity contribution in [1.82, 2.24) is 4.90 Å². The zero-order chi connectivity index (χ0) is 11.0. The Bertz CT molecular complexity index is 173. The highest BCUT2D eigenvalue weighted by molar-refractivity contribution is 5.84. The first-order chi connectivity index (χ1) is 6.63. The van der Waals surface area contributed by atoms with Gasteiger partial charge in [-0.25, -0.2) is 0 Å². The number of nitrogens with zero attached hydrogens (tertiary/aromatic N) is 2. The molecule has 0 bridgehead atoms. The number of rotatable bonds is 7. The summed E-state index contributed by atoms with van der Waals surface area (Å²) in [6.45, 7) is 6.25. The molecule has 5 heteroatoms. The quantitative estimate of drug-likeness (QED) is 0.207. The summed E-state index contributed by atoms with van der Waals surface area (Å²) in [5.41, 5.74) is 5.47. The van der Waals surface area contributed by atoms with Gasteiger partial charge in [-0.15, -0.1) is 0 Å². The van der Waals surface area contributed by atoms with E-state index in [4.69, 9.17) is 15.7 Å². The fourth-order valence-electron chi connectivity index (χ4n) is 1.06. The highest BCUT2D eigenvalue weighted by Crippen LogP contribution is 1.97. The molecule has 0 fully saturated rings. The lowest BCUT2D eigenvalue weighted by atomic mass is 10.2. The third-order valence-corrected chi connectivity index (χ3v) is 2.21. The minimum absolute atomic E-state index is 0.0402. The van der Waals surface area contributed by atoms with E-state index in [1.54, 1.807) is 0 Å². The Morgan fingerprint density at radius 2 is 2.29 bits per heavy atom. The summed E-state index contributed by atoms with van der Waals surface area (Å²) in [6.07, 6.45) is 0.952. The average Bonchev–Trinajstić information content (AvgIpc) is 2.21. The SMILES string of the molecule is CCOCCCN(C)C(C)C(N)=NO. The molecule has 0 rings (SSSR count). The van der Waals surface area contributed by atoms with Gasteiger partial charge in [0.2, 0.25) is 0 Å². The lowest BCUT2D eigenvalue weighted by molar-refractivity contribution is 0.134. The van der Waals surface area contributed by atoms with E-state index in [2.05, 4.69) is 5.16 Å². The van der Waals surface area contributed by atoms with Crippen molar-refractivity contribution in [2.75, 3.05) is 26.8 Å². The molecule has 0 amide bonds. The van der Waals surface area contributed by atoms with E-state index in [0.29, 0.717) is 0 Å². The third-order valence-electron chi connectivity index (χ3n) is 2.21. The molecular formula is C9H21N3O2. The van der Waals surface area contributed by atoms with Crippen LogP contribution in [0.3, 0.4) is 0 Å². The van der Waals surface area contributed by atoms with E-state index >= 15 is 0 Å². The van der Waals surface area contributed by atoms with Gasteiger partial charge in [0.25, 0.3) is 0 Å². The van der Waals surface area contributed by atoms with Gasteiger partial charge in [-0.2, -0.15) is 0 Å². The van der Waals surface area contributed by atoms with E-state index in [-0.39, 0.29) is 11.9 Å². The van der Waals surface area contributed by atoms with Gasteiger partial charge in [0.05, 0.1) is 6.04 Å². The standard InChI is InChI=1S/C9H21N3O2/c1-4-14-7-5-6-12(3)8(2)9(10)11-13/h8,13H,4-7H2,1-3H3,(H2,10,11). The van der Waals surface area contributed by atoms with Gasteiger partial charge in [0.1, 0.15) is 0 Å². The predicted molar refractivity (Wildman–Crippen MR) is 56.6 cm³/mol. The van der Waals surface area contributed by atoms with Crippen molar-refractivity contribution in [3.63, 3.8) is 0 Å². The molecule has 1 unspecified atom stereocenters. The molecule has 1 atom stereocenters. The molecular weight excluding hydrogens is 182 g/mol. The van der Waals surface area contributed by atoms with Crippen molar-refractivity contribution in [2.24, 2.45) is 10.9 Å². The molecule has 0 aromatic carbocycles. The van der Waals surface area contributed by atoms with Crippen molar-refractivity contribution in [3.05, 3.63) is 0 Å². The number of nitrogens with two attached hydrogens (primary N) is 1. The van der Waals surface area contributed by atoms with Crippen LogP contribution in [-0.4, -0.2) is 48.8 Å². The number of hydrogen-bond acceptors (Lipinski definition) is 4. The Morgan fingerprint density at radius 3 is 2.79 bits per heavy atom.